The van der Waals surface area contributed by atoms with Gasteiger partial charge >= 0.3 is 5.97 Å². The van der Waals surface area contributed by atoms with Crippen LogP contribution in [0.5, 0.6) is 5.75 Å². The fraction of sp³-hybridized carbons (Fsp3) is 0.400. The van der Waals surface area contributed by atoms with E-state index < -0.39 is 0 Å². The van der Waals surface area contributed by atoms with Crippen LogP contribution in [0.1, 0.15) is 26.3 Å². The van der Waals surface area contributed by atoms with Gasteiger partial charge in [0, 0.05) is 13.3 Å². The van der Waals surface area contributed by atoms with Gasteiger partial charge in [0.05, 0.1) is 6.61 Å². The molecule has 0 saturated heterocycles. The molecule has 1 rings (SSSR count). The lowest BCUT2D eigenvalue weighted by molar-refractivity contribution is -0.140. The molecule has 3 heteroatoms. The molecule has 0 saturated carbocycles. The van der Waals surface area contributed by atoms with Crippen LogP contribution in [0.3, 0.4) is 0 Å². The molecule has 18 heavy (non-hydrogen) atoms. The van der Waals surface area contributed by atoms with Crippen molar-refractivity contribution in [2.45, 2.75) is 27.2 Å². The first kappa shape index (κ1) is 14.3. The summed E-state index contributed by atoms with van der Waals surface area (Å²) in [5.41, 5.74) is 2.34. The first-order chi connectivity index (χ1) is 8.58. The number of hydrogen-bond acceptors (Lipinski definition) is 3. The van der Waals surface area contributed by atoms with Gasteiger partial charge in [0.15, 0.2) is 0 Å². The lowest BCUT2D eigenvalue weighted by Gasteiger charge is -2.06. The summed E-state index contributed by atoms with van der Waals surface area (Å²) in [4.78, 5) is 10.7. The molecule has 0 unspecified atom stereocenters. The Morgan fingerprint density at radius 2 is 2.06 bits per heavy atom. The smallest absolute Gasteiger partial charge is 0.302 e. The quantitative estimate of drug-likeness (QED) is 0.573. The maximum Gasteiger partial charge on any atom is 0.302 e. The van der Waals surface area contributed by atoms with Gasteiger partial charge in [-0.1, -0.05) is 17.7 Å². The number of rotatable bonds is 6. The molecule has 1 aromatic carbocycles. The number of allylic oxidation sites excluding steroid dienone is 1. The Labute approximate surface area is 108 Å². The highest BCUT2D eigenvalue weighted by Crippen LogP contribution is 2.14. The van der Waals surface area contributed by atoms with Crippen molar-refractivity contribution in [3.05, 3.63) is 41.5 Å². The van der Waals surface area contributed by atoms with E-state index in [4.69, 9.17) is 9.47 Å². The van der Waals surface area contributed by atoms with Gasteiger partial charge in [-0.2, -0.15) is 0 Å². The Morgan fingerprint density at radius 3 is 2.72 bits per heavy atom. The van der Waals surface area contributed by atoms with Crippen LogP contribution >= 0.6 is 0 Å². The zero-order chi connectivity index (χ0) is 13.4. The van der Waals surface area contributed by atoms with Gasteiger partial charge in [-0.25, -0.2) is 0 Å². The lowest BCUT2D eigenvalue weighted by atomic mass is 10.1. The Bertz CT molecular complexity index is 418. The highest BCUT2D eigenvalue weighted by Gasteiger charge is 1.98. The second-order valence-corrected chi connectivity index (χ2v) is 4.33. The molecule has 98 valence electrons. The third-order valence-corrected chi connectivity index (χ3v) is 2.34. The highest BCUT2D eigenvalue weighted by atomic mass is 16.5. The van der Waals surface area contributed by atoms with Crippen LogP contribution in [0.4, 0.5) is 0 Å². The molecular weight excluding hydrogens is 228 g/mol. The zero-order valence-corrected chi connectivity index (χ0v) is 11.2. The molecule has 0 amide bonds. The summed E-state index contributed by atoms with van der Waals surface area (Å²) in [6.07, 6.45) is 2.74. The Kier molecular flexibility index (Phi) is 5.98. The van der Waals surface area contributed by atoms with Crippen LogP contribution in [0.15, 0.2) is 35.9 Å². The molecule has 0 bridgehead atoms. The van der Waals surface area contributed by atoms with Crippen LogP contribution in [-0.2, 0) is 16.0 Å². The highest BCUT2D eigenvalue weighted by molar-refractivity contribution is 5.65. The standard InChI is InChI=1S/C15H20O3/c1-12(2)7-9-18-15-6-4-5-14(11-15)8-10-17-13(3)16/h4-7,11H,8-10H2,1-3H3. The van der Waals surface area contributed by atoms with Crippen LogP contribution in [-0.4, -0.2) is 19.2 Å². The molecule has 0 aromatic heterocycles. The third kappa shape index (κ3) is 6.09. The van der Waals surface area contributed by atoms with E-state index >= 15 is 0 Å². The van der Waals surface area contributed by atoms with Crippen LogP contribution in [0.25, 0.3) is 0 Å². The van der Waals surface area contributed by atoms with Gasteiger partial charge in [-0.3, -0.25) is 4.79 Å². The van der Waals surface area contributed by atoms with Crippen molar-refractivity contribution in [3.63, 3.8) is 0 Å². The summed E-state index contributed by atoms with van der Waals surface area (Å²) < 4.78 is 10.5. The largest absolute Gasteiger partial charge is 0.490 e. The zero-order valence-electron chi connectivity index (χ0n) is 11.2. The fourth-order valence-corrected chi connectivity index (χ4v) is 1.41. The van der Waals surface area contributed by atoms with Gasteiger partial charge in [-0.15, -0.1) is 0 Å². The number of hydrogen-bond donors (Lipinski definition) is 0. The van der Waals surface area contributed by atoms with E-state index in [1.165, 1.54) is 12.5 Å². The molecule has 0 aliphatic carbocycles. The number of carbonyl (C=O) groups is 1. The van der Waals surface area contributed by atoms with Crippen LogP contribution in [0.2, 0.25) is 0 Å². The molecule has 0 radical (unpaired) electrons. The average molecular weight is 248 g/mol. The Balaban J connectivity index is 2.46. The number of ether oxygens (including phenoxy) is 2. The van der Waals surface area contributed by atoms with Gasteiger partial charge < -0.3 is 9.47 Å². The van der Waals surface area contributed by atoms with Gasteiger partial charge in [0.2, 0.25) is 0 Å². The van der Waals surface area contributed by atoms with Crippen molar-refractivity contribution in [2.75, 3.05) is 13.2 Å². The fourth-order valence-electron chi connectivity index (χ4n) is 1.41. The first-order valence-electron chi connectivity index (χ1n) is 6.06. The van der Waals surface area contributed by atoms with E-state index in [0.29, 0.717) is 19.6 Å². The third-order valence-electron chi connectivity index (χ3n) is 2.34. The van der Waals surface area contributed by atoms with Crippen molar-refractivity contribution in [2.24, 2.45) is 0 Å². The number of esters is 1. The number of carbonyl (C=O) groups excluding carboxylic acids is 1. The molecule has 0 spiro atoms. The van der Waals surface area contributed by atoms with Crippen molar-refractivity contribution in [1.29, 1.82) is 0 Å². The summed E-state index contributed by atoms with van der Waals surface area (Å²) in [5, 5.41) is 0. The van der Waals surface area contributed by atoms with E-state index in [1.54, 1.807) is 0 Å². The van der Waals surface area contributed by atoms with Gasteiger partial charge in [0.25, 0.3) is 0 Å². The Morgan fingerprint density at radius 1 is 1.28 bits per heavy atom. The van der Waals surface area contributed by atoms with Crippen molar-refractivity contribution < 1.29 is 14.3 Å². The summed E-state index contributed by atoms with van der Waals surface area (Å²) in [6.45, 7) is 6.49. The predicted molar refractivity (Wildman–Crippen MR) is 71.7 cm³/mol. The van der Waals surface area contributed by atoms with Gasteiger partial charge in [-0.05, 0) is 37.6 Å². The second kappa shape index (κ2) is 7.54. The van der Waals surface area contributed by atoms with Crippen molar-refractivity contribution in [3.8, 4) is 5.75 Å². The minimum absolute atomic E-state index is 0.244. The maximum absolute atomic E-state index is 10.7. The van der Waals surface area contributed by atoms with Crippen LogP contribution in [0, 0.1) is 0 Å². The summed E-state index contributed by atoms with van der Waals surface area (Å²) in [5.74, 6) is 0.596. The van der Waals surface area contributed by atoms with E-state index in [1.807, 2.05) is 44.2 Å². The molecular formula is C15H20O3. The molecule has 0 fully saturated rings. The van der Waals surface area contributed by atoms with E-state index in [2.05, 4.69) is 0 Å². The minimum Gasteiger partial charge on any atom is -0.490 e. The van der Waals surface area contributed by atoms with Crippen LogP contribution < -0.4 is 4.74 Å². The topological polar surface area (TPSA) is 35.5 Å². The summed E-state index contributed by atoms with van der Waals surface area (Å²) >= 11 is 0. The normalized spacial score (nSPS) is 9.72. The molecule has 0 aliphatic heterocycles. The van der Waals surface area contributed by atoms with E-state index in [9.17, 15) is 4.79 Å². The molecule has 0 N–H and O–H groups in total. The van der Waals surface area contributed by atoms with Gasteiger partial charge in [0.1, 0.15) is 12.4 Å². The van der Waals surface area contributed by atoms with E-state index in [0.717, 1.165) is 11.3 Å². The Hall–Kier alpha value is -1.77. The number of benzene rings is 1. The molecule has 0 atom stereocenters. The molecule has 0 heterocycles. The minimum atomic E-state index is -0.244. The first-order valence-corrected chi connectivity index (χ1v) is 6.06. The van der Waals surface area contributed by atoms with Crippen molar-refractivity contribution in [1.82, 2.24) is 0 Å². The predicted octanol–water partition coefficient (Wildman–Crippen LogP) is 3.14. The van der Waals surface area contributed by atoms with E-state index in [-0.39, 0.29) is 5.97 Å². The lowest BCUT2D eigenvalue weighted by Crippen LogP contribution is -2.03. The average Bonchev–Trinajstić information content (AvgIpc) is 2.28. The summed E-state index contributed by atoms with van der Waals surface area (Å²) in [6, 6.07) is 7.84. The van der Waals surface area contributed by atoms with Crippen molar-refractivity contribution >= 4 is 5.97 Å². The SMILES string of the molecule is CC(=O)OCCc1cccc(OCC=C(C)C)c1. The maximum atomic E-state index is 10.7. The second-order valence-electron chi connectivity index (χ2n) is 4.33. The monoisotopic (exact) mass is 248 g/mol. The summed E-state index contributed by atoms with van der Waals surface area (Å²) in [7, 11) is 0. The molecule has 3 nitrogen and oxygen atoms in total. The molecule has 0 aliphatic rings. The molecule has 1 aromatic rings.